The average Bonchev–Trinajstić information content (AvgIpc) is 3.18. The molecule has 1 saturated carbocycles. The minimum absolute atomic E-state index is 0.209. The molecular formula is C14H23BrN2O3S. The van der Waals surface area contributed by atoms with Crippen LogP contribution in [0.2, 0.25) is 0 Å². The van der Waals surface area contributed by atoms with Crippen molar-refractivity contribution in [3.8, 4) is 0 Å². The van der Waals surface area contributed by atoms with Gasteiger partial charge in [-0.2, -0.15) is 0 Å². The largest absolute Gasteiger partial charge is 0.452 e. The summed E-state index contributed by atoms with van der Waals surface area (Å²) in [6, 6.07) is 2.17. The molecule has 0 aliphatic heterocycles. The van der Waals surface area contributed by atoms with Crippen LogP contribution in [-0.2, 0) is 16.6 Å². The van der Waals surface area contributed by atoms with E-state index in [-0.39, 0.29) is 9.56 Å². The van der Waals surface area contributed by atoms with E-state index >= 15 is 0 Å². The first-order valence-electron chi connectivity index (χ1n) is 7.32. The molecule has 1 fully saturated rings. The Kier molecular flexibility index (Phi) is 5.51. The number of rotatable bonds is 8. The number of nitrogens with zero attached hydrogens (tertiary/aromatic N) is 1. The highest BCUT2D eigenvalue weighted by molar-refractivity contribution is 9.10. The molecule has 0 saturated heterocycles. The molecule has 1 atom stereocenters. The van der Waals surface area contributed by atoms with Crippen LogP contribution in [0.25, 0.3) is 0 Å². The molecule has 21 heavy (non-hydrogen) atoms. The van der Waals surface area contributed by atoms with E-state index in [0.29, 0.717) is 30.8 Å². The lowest BCUT2D eigenvalue weighted by atomic mass is 10.1. The Morgan fingerprint density at radius 1 is 1.52 bits per heavy atom. The van der Waals surface area contributed by atoms with Crippen LogP contribution in [0.5, 0.6) is 0 Å². The van der Waals surface area contributed by atoms with Gasteiger partial charge in [0.05, 0.1) is 6.54 Å². The molecule has 0 radical (unpaired) electrons. The fraction of sp³-hybridized carbons (Fsp3) is 0.714. The third kappa shape index (κ3) is 4.31. The molecule has 5 nitrogen and oxygen atoms in total. The second-order valence-electron chi connectivity index (χ2n) is 5.80. The van der Waals surface area contributed by atoms with E-state index in [1.54, 1.807) is 13.1 Å². The third-order valence-electron chi connectivity index (χ3n) is 3.80. The van der Waals surface area contributed by atoms with Crippen molar-refractivity contribution in [3.63, 3.8) is 0 Å². The maximum Gasteiger partial charge on any atom is 0.247 e. The van der Waals surface area contributed by atoms with Crippen LogP contribution in [0.15, 0.2) is 20.0 Å². The summed E-state index contributed by atoms with van der Waals surface area (Å²) in [5, 5.41) is 3.31. The maximum atomic E-state index is 12.6. The van der Waals surface area contributed by atoms with E-state index in [1.807, 2.05) is 6.92 Å². The SMILES string of the molecule is CCC(C)CN(C)S(=O)(=O)c1cc(CNC2CC2)oc1Br. The zero-order valence-corrected chi connectivity index (χ0v) is 15.1. The standard InChI is InChI=1S/C14H23BrN2O3S/c1-4-10(2)9-17(3)21(18,19)13-7-12(20-14(13)15)8-16-11-5-6-11/h7,10-11,16H,4-6,8-9H2,1-3H3. The number of sulfonamides is 1. The highest BCUT2D eigenvalue weighted by atomic mass is 79.9. The quantitative estimate of drug-likeness (QED) is 0.755. The van der Waals surface area contributed by atoms with Gasteiger partial charge in [-0.1, -0.05) is 20.3 Å². The second kappa shape index (κ2) is 6.81. The summed E-state index contributed by atoms with van der Waals surface area (Å²) in [5.41, 5.74) is 0. The number of nitrogens with one attached hydrogen (secondary N) is 1. The predicted molar refractivity (Wildman–Crippen MR) is 85.5 cm³/mol. The second-order valence-corrected chi connectivity index (χ2v) is 8.54. The summed E-state index contributed by atoms with van der Waals surface area (Å²) in [6.45, 7) is 5.17. The van der Waals surface area contributed by atoms with Gasteiger partial charge in [0.2, 0.25) is 10.0 Å². The van der Waals surface area contributed by atoms with E-state index in [1.165, 1.54) is 17.1 Å². The fourth-order valence-corrected chi connectivity index (χ4v) is 4.27. The van der Waals surface area contributed by atoms with Crippen molar-refractivity contribution >= 4 is 26.0 Å². The van der Waals surface area contributed by atoms with Gasteiger partial charge >= 0.3 is 0 Å². The van der Waals surface area contributed by atoms with Gasteiger partial charge < -0.3 is 9.73 Å². The Hall–Kier alpha value is -0.370. The molecule has 1 aromatic rings. The summed E-state index contributed by atoms with van der Waals surface area (Å²) in [4.78, 5) is 0.209. The summed E-state index contributed by atoms with van der Waals surface area (Å²) in [7, 11) is -1.90. The van der Waals surface area contributed by atoms with Crippen LogP contribution in [0.4, 0.5) is 0 Å². The highest BCUT2D eigenvalue weighted by Gasteiger charge is 2.28. The van der Waals surface area contributed by atoms with Crippen molar-refractivity contribution in [1.29, 1.82) is 0 Å². The Morgan fingerprint density at radius 3 is 2.76 bits per heavy atom. The molecule has 1 heterocycles. The Bertz CT molecular complexity index is 581. The Morgan fingerprint density at radius 2 is 2.19 bits per heavy atom. The zero-order chi connectivity index (χ0) is 15.6. The summed E-state index contributed by atoms with van der Waals surface area (Å²) in [6.07, 6.45) is 3.32. The molecule has 0 amide bonds. The summed E-state index contributed by atoms with van der Waals surface area (Å²) < 4.78 is 32.4. The van der Waals surface area contributed by atoms with Gasteiger partial charge in [0.1, 0.15) is 10.7 Å². The molecule has 0 aromatic carbocycles. The van der Waals surface area contributed by atoms with Gasteiger partial charge in [-0.3, -0.25) is 0 Å². The summed E-state index contributed by atoms with van der Waals surface area (Å²) >= 11 is 3.23. The topological polar surface area (TPSA) is 62.6 Å². The van der Waals surface area contributed by atoms with Gasteiger partial charge in [0, 0.05) is 25.7 Å². The minimum Gasteiger partial charge on any atom is -0.452 e. The van der Waals surface area contributed by atoms with E-state index in [9.17, 15) is 8.42 Å². The molecule has 0 bridgehead atoms. The molecule has 1 unspecified atom stereocenters. The van der Waals surface area contributed by atoms with Crippen molar-refractivity contribution < 1.29 is 12.8 Å². The van der Waals surface area contributed by atoms with Gasteiger partial charge in [0.15, 0.2) is 4.67 Å². The average molecular weight is 379 g/mol. The lowest BCUT2D eigenvalue weighted by Gasteiger charge is -2.19. The van der Waals surface area contributed by atoms with E-state index in [4.69, 9.17) is 4.42 Å². The Labute approximate surface area is 135 Å². The minimum atomic E-state index is -3.51. The smallest absolute Gasteiger partial charge is 0.247 e. The molecule has 7 heteroatoms. The molecule has 2 rings (SSSR count). The molecule has 1 aliphatic rings. The normalized spacial score (nSPS) is 17.4. The highest BCUT2D eigenvalue weighted by Crippen LogP contribution is 2.29. The van der Waals surface area contributed by atoms with Gasteiger partial charge in [0.25, 0.3) is 0 Å². The lowest BCUT2D eigenvalue weighted by Crippen LogP contribution is -2.31. The van der Waals surface area contributed by atoms with Gasteiger partial charge in [-0.25, -0.2) is 12.7 Å². The van der Waals surface area contributed by atoms with Crippen LogP contribution < -0.4 is 5.32 Å². The first-order valence-corrected chi connectivity index (χ1v) is 9.55. The molecule has 0 spiro atoms. The van der Waals surface area contributed by atoms with Gasteiger partial charge in [-0.15, -0.1) is 0 Å². The van der Waals surface area contributed by atoms with Crippen LogP contribution >= 0.6 is 15.9 Å². The van der Waals surface area contributed by atoms with Crippen molar-refractivity contribution in [2.75, 3.05) is 13.6 Å². The first kappa shape index (κ1) is 17.0. The third-order valence-corrected chi connectivity index (χ3v) is 6.48. The molecule has 1 N–H and O–H groups in total. The first-order chi connectivity index (χ1) is 9.84. The van der Waals surface area contributed by atoms with E-state index in [2.05, 4.69) is 28.2 Å². The van der Waals surface area contributed by atoms with Crippen LogP contribution in [0.3, 0.4) is 0 Å². The predicted octanol–water partition coefficient (Wildman–Crippen LogP) is 2.96. The maximum absolute atomic E-state index is 12.6. The van der Waals surface area contributed by atoms with Crippen LogP contribution in [0, 0.1) is 5.92 Å². The van der Waals surface area contributed by atoms with Crippen molar-refractivity contribution in [2.24, 2.45) is 5.92 Å². The monoisotopic (exact) mass is 378 g/mol. The number of hydrogen-bond acceptors (Lipinski definition) is 4. The van der Waals surface area contributed by atoms with E-state index < -0.39 is 10.0 Å². The summed E-state index contributed by atoms with van der Waals surface area (Å²) in [5.74, 6) is 0.968. The number of hydrogen-bond donors (Lipinski definition) is 1. The van der Waals surface area contributed by atoms with Crippen LogP contribution in [-0.4, -0.2) is 32.4 Å². The van der Waals surface area contributed by atoms with Crippen LogP contribution in [0.1, 0.15) is 38.9 Å². The van der Waals surface area contributed by atoms with Gasteiger partial charge in [-0.05, 0) is 34.7 Å². The van der Waals surface area contributed by atoms with E-state index in [0.717, 1.165) is 6.42 Å². The molecule has 1 aromatic heterocycles. The van der Waals surface area contributed by atoms with Crippen molar-refractivity contribution in [2.45, 2.75) is 50.6 Å². The molecular weight excluding hydrogens is 356 g/mol. The number of halogens is 1. The lowest BCUT2D eigenvalue weighted by molar-refractivity contribution is 0.392. The fourth-order valence-electron chi connectivity index (χ4n) is 2.03. The van der Waals surface area contributed by atoms with Crippen molar-refractivity contribution in [3.05, 3.63) is 16.5 Å². The molecule has 120 valence electrons. The zero-order valence-electron chi connectivity index (χ0n) is 12.7. The molecule has 1 aliphatic carbocycles. The number of furan rings is 1. The Balaban J connectivity index is 2.10. The van der Waals surface area contributed by atoms with Crippen molar-refractivity contribution in [1.82, 2.24) is 9.62 Å².